The van der Waals surface area contributed by atoms with Crippen LogP contribution in [0.2, 0.25) is 0 Å². The Morgan fingerprint density at radius 1 is 1.17 bits per heavy atom. The van der Waals surface area contributed by atoms with Crippen LogP contribution in [-0.2, 0) is 5.41 Å². The molecule has 96 valence electrons. The molecule has 0 spiro atoms. The van der Waals surface area contributed by atoms with Gasteiger partial charge in [0.1, 0.15) is 0 Å². The molecule has 0 saturated carbocycles. The molecule has 0 radical (unpaired) electrons. The van der Waals surface area contributed by atoms with Gasteiger partial charge in [-0.3, -0.25) is 4.98 Å². The molecule has 0 atom stereocenters. The number of rotatable bonds is 5. The van der Waals surface area contributed by atoms with Gasteiger partial charge in [-0.1, -0.05) is 39.0 Å². The molecular formula is C16H22N2. The molecule has 0 aliphatic heterocycles. The monoisotopic (exact) mass is 242 g/mol. The van der Waals surface area contributed by atoms with E-state index in [-0.39, 0.29) is 5.41 Å². The molecule has 2 aromatic rings. The quantitative estimate of drug-likeness (QED) is 0.812. The Labute approximate surface area is 109 Å². The lowest BCUT2D eigenvalue weighted by Gasteiger charge is -2.26. The summed E-state index contributed by atoms with van der Waals surface area (Å²) in [5.74, 6) is 0. The van der Waals surface area contributed by atoms with Gasteiger partial charge in [0, 0.05) is 11.6 Å². The smallest absolute Gasteiger partial charge is 0.0704 e. The van der Waals surface area contributed by atoms with Gasteiger partial charge in [-0.15, -0.1) is 0 Å². The topological polar surface area (TPSA) is 24.9 Å². The summed E-state index contributed by atoms with van der Waals surface area (Å²) >= 11 is 0. The van der Waals surface area contributed by atoms with Crippen LogP contribution in [0, 0.1) is 0 Å². The molecule has 1 aromatic heterocycles. The van der Waals surface area contributed by atoms with E-state index in [1.54, 1.807) is 0 Å². The Hall–Kier alpha value is -1.41. The summed E-state index contributed by atoms with van der Waals surface area (Å²) in [4.78, 5) is 4.44. The molecule has 0 amide bonds. The average molecular weight is 242 g/mol. The zero-order valence-corrected chi connectivity index (χ0v) is 11.5. The normalized spacial score (nSPS) is 11.9. The number of nitrogens with one attached hydrogen (secondary N) is 1. The third kappa shape index (κ3) is 2.70. The molecule has 0 unspecified atom stereocenters. The maximum Gasteiger partial charge on any atom is 0.0704 e. The molecule has 0 aliphatic carbocycles. The third-order valence-electron chi connectivity index (χ3n) is 3.55. The molecule has 0 aliphatic rings. The average Bonchev–Trinajstić information content (AvgIpc) is 2.38. The van der Waals surface area contributed by atoms with Crippen molar-refractivity contribution in [3.8, 4) is 0 Å². The largest absolute Gasteiger partial charge is 0.317 e. The van der Waals surface area contributed by atoms with Crippen LogP contribution >= 0.6 is 0 Å². The first-order valence-corrected chi connectivity index (χ1v) is 6.70. The van der Waals surface area contributed by atoms with Crippen molar-refractivity contribution in [2.24, 2.45) is 0 Å². The Morgan fingerprint density at radius 2 is 2.00 bits per heavy atom. The van der Waals surface area contributed by atoms with Gasteiger partial charge in [0.25, 0.3) is 0 Å². The zero-order valence-electron chi connectivity index (χ0n) is 11.5. The standard InChI is InChI=1S/C16H22N2/c1-4-17-12-10-16(2,3)14-8-5-9-15-13(14)7-6-11-18-15/h5-9,11,17H,4,10,12H2,1-3H3. The predicted molar refractivity (Wildman–Crippen MR) is 77.9 cm³/mol. The summed E-state index contributed by atoms with van der Waals surface area (Å²) in [6.45, 7) is 8.86. The zero-order chi connectivity index (χ0) is 13.0. The number of fused-ring (bicyclic) bond motifs is 1. The predicted octanol–water partition coefficient (Wildman–Crippen LogP) is 3.51. The summed E-state index contributed by atoms with van der Waals surface area (Å²) in [5.41, 5.74) is 2.66. The molecule has 0 fully saturated rings. The van der Waals surface area contributed by atoms with E-state index in [0.717, 1.165) is 25.0 Å². The number of hydrogen-bond donors (Lipinski definition) is 1. The molecule has 1 N–H and O–H groups in total. The summed E-state index contributed by atoms with van der Waals surface area (Å²) in [7, 11) is 0. The fourth-order valence-electron chi connectivity index (χ4n) is 2.41. The maximum atomic E-state index is 4.44. The van der Waals surface area contributed by atoms with Crippen molar-refractivity contribution in [3.63, 3.8) is 0 Å². The molecule has 0 saturated heterocycles. The number of benzene rings is 1. The van der Waals surface area contributed by atoms with E-state index in [2.05, 4.69) is 55.3 Å². The molecule has 0 bridgehead atoms. The van der Waals surface area contributed by atoms with Crippen LogP contribution in [0.4, 0.5) is 0 Å². The van der Waals surface area contributed by atoms with E-state index in [1.807, 2.05) is 12.3 Å². The molecule has 2 heteroatoms. The molecule has 1 heterocycles. The number of aromatic nitrogens is 1. The molecule has 18 heavy (non-hydrogen) atoms. The molecule has 2 rings (SSSR count). The van der Waals surface area contributed by atoms with Gasteiger partial charge in [0.05, 0.1) is 5.52 Å². The Kier molecular flexibility index (Phi) is 3.97. The molecular weight excluding hydrogens is 220 g/mol. The lowest BCUT2D eigenvalue weighted by molar-refractivity contribution is 0.464. The maximum absolute atomic E-state index is 4.44. The Balaban J connectivity index is 2.34. The second-order valence-corrected chi connectivity index (χ2v) is 5.36. The van der Waals surface area contributed by atoms with Crippen LogP contribution in [0.15, 0.2) is 36.5 Å². The minimum Gasteiger partial charge on any atom is -0.317 e. The highest BCUT2D eigenvalue weighted by molar-refractivity contribution is 5.83. The number of nitrogens with zero attached hydrogens (tertiary/aromatic N) is 1. The van der Waals surface area contributed by atoms with Crippen LogP contribution in [0.5, 0.6) is 0 Å². The summed E-state index contributed by atoms with van der Waals surface area (Å²) in [6.07, 6.45) is 2.99. The second-order valence-electron chi connectivity index (χ2n) is 5.36. The van der Waals surface area contributed by atoms with Crippen LogP contribution in [0.1, 0.15) is 32.8 Å². The van der Waals surface area contributed by atoms with Crippen molar-refractivity contribution in [1.29, 1.82) is 0 Å². The van der Waals surface area contributed by atoms with Gasteiger partial charge in [-0.05, 0) is 42.6 Å². The number of hydrogen-bond acceptors (Lipinski definition) is 2. The van der Waals surface area contributed by atoms with E-state index in [1.165, 1.54) is 10.9 Å². The first-order valence-electron chi connectivity index (χ1n) is 6.70. The van der Waals surface area contributed by atoms with Gasteiger partial charge in [-0.25, -0.2) is 0 Å². The third-order valence-corrected chi connectivity index (χ3v) is 3.55. The lowest BCUT2D eigenvalue weighted by Crippen LogP contribution is -2.25. The van der Waals surface area contributed by atoms with Crippen LogP contribution in [0.3, 0.4) is 0 Å². The minimum atomic E-state index is 0.171. The van der Waals surface area contributed by atoms with Gasteiger partial charge in [-0.2, -0.15) is 0 Å². The highest BCUT2D eigenvalue weighted by atomic mass is 14.8. The van der Waals surface area contributed by atoms with Crippen LogP contribution in [0.25, 0.3) is 10.9 Å². The van der Waals surface area contributed by atoms with Crippen molar-refractivity contribution in [3.05, 3.63) is 42.1 Å². The van der Waals surface area contributed by atoms with Crippen molar-refractivity contribution in [2.45, 2.75) is 32.6 Å². The van der Waals surface area contributed by atoms with E-state index in [4.69, 9.17) is 0 Å². The van der Waals surface area contributed by atoms with E-state index in [0.29, 0.717) is 0 Å². The second kappa shape index (κ2) is 5.49. The highest BCUT2D eigenvalue weighted by Crippen LogP contribution is 2.31. The van der Waals surface area contributed by atoms with Gasteiger partial charge in [0.2, 0.25) is 0 Å². The van der Waals surface area contributed by atoms with E-state index < -0.39 is 0 Å². The van der Waals surface area contributed by atoms with Crippen LogP contribution < -0.4 is 5.32 Å². The van der Waals surface area contributed by atoms with E-state index in [9.17, 15) is 0 Å². The molecule has 1 aromatic carbocycles. The minimum absolute atomic E-state index is 0.171. The number of pyridine rings is 1. The van der Waals surface area contributed by atoms with Crippen LogP contribution in [-0.4, -0.2) is 18.1 Å². The lowest BCUT2D eigenvalue weighted by atomic mass is 9.79. The fraction of sp³-hybridized carbons (Fsp3) is 0.438. The van der Waals surface area contributed by atoms with Crippen molar-refractivity contribution >= 4 is 10.9 Å². The summed E-state index contributed by atoms with van der Waals surface area (Å²) in [5, 5.41) is 4.69. The highest BCUT2D eigenvalue weighted by Gasteiger charge is 2.22. The van der Waals surface area contributed by atoms with E-state index >= 15 is 0 Å². The fourth-order valence-corrected chi connectivity index (χ4v) is 2.41. The van der Waals surface area contributed by atoms with Gasteiger partial charge >= 0.3 is 0 Å². The van der Waals surface area contributed by atoms with Crippen molar-refractivity contribution in [2.75, 3.05) is 13.1 Å². The Bertz CT molecular complexity index is 512. The SMILES string of the molecule is CCNCCC(C)(C)c1cccc2ncccc12. The van der Waals surface area contributed by atoms with Crippen molar-refractivity contribution in [1.82, 2.24) is 10.3 Å². The first kappa shape index (κ1) is 13.0. The van der Waals surface area contributed by atoms with Crippen molar-refractivity contribution < 1.29 is 0 Å². The Morgan fingerprint density at radius 3 is 2.78 bits per heavy atom. The molecule has 2 nitrogen and oxygen atoms in total. The van der Waals surface area contributed by atoms with Gasteiger partial charge < -0.3 is 5.32 Å². The summed E-state index contributed by atoms with van der Waals surface area (Å²) in [6, 6.07) is 10.6. The summed E-state index contributed by atoms with van der Waals surface area (Å²) < 4.78 is 0. The van der Waals surface area contributed by atoms with Gasteiger partial charge in [0.15, 0.2) is 0 Å². The first-order chi connectivity index (χ1) is 8.65.